The van der Waals surface area contributed by atoms with Gasteiger partial charge in [-0.15, -0.1) is 0 Å². The minimum Gasteiger partial charge on any atom is -0.490 e. The fourth-order valence-electron chi connectivity index (χ4n) is 3.69. The highest BCUT2D eigenvalue weighted by Gasteiger charge is 2.27. The first kappa shape index (κ1) is 21.4. The Kier molecular flexibility index (Phi) is 5.75. The first-order chi connectivity index (χ1) is 14.7. The number of piperidine rings is 1. The average molecular weight is 444 g/mol. The molecule has 6 nitrogen and oxygen atoms in total. The molecule has 1 aliphatic heterocycles. The summed E-state index contributed by atoms with van der Waals surface area (Å²) in [5.74, 6) is 0.453. The lowest BCUT2D eigenvalue weighted by atomic mass is 10.1. The highest BCUT2D eigenvalue weighted by atomic mass is 32.1. The van der Waals surface area contributed by atoms with Crippen LogP contribution >= 0.6 is 12.2 Å². The second-order valence-electron chi connectivity index (χ2n) is 8.71. The lowest BCUT2D eigenvalue weighted by molar-refractivity contribution is 0.0126. The zero-order valence-corrected chi connectivity index (χ0v) is 18.7. The minimum atomic E-state index is -0.492. The summed E-state index contributed by atoms with van der Waals surface area (Å²) in [6, 6.07) is 12.2. The van der Waals surface area contributed by atoms with Crippen LogP contribution in [0.4, 0.5) is 9.18 Å². The van der Waals surface area contributed by atoms with Gasteiger partial charge in [-0.05, 0) is 75.5 Å². The van der Waals surface area contributed by atoms with Gasteiger partial charge in [-0.1, -0.05) is 0 Å². The zero-order chi connectivity index (χ0) is 22.2. The molecule has 0 unspecified atom stereocenters. The highest BCUT2D eigenvalue weighted by Crippen LogP contribution is 2.25. The Balaban J connectivity index is 1.40. The second kappa shape index (κ2) is 8.34. The van der Waals surface area contributed by atoms with Crippen molar-refractivity contribution in [2.75, 3.05) is 13.1 Å². The molecule has 1 saturated heterocycles. The zero-order valence-electron chi connectivity index (χ0n) is 17.9. The van der Waals surface area contributed by atoms with E-state index in [2.05, 4.69) is 4.98 Å². The van der Waals surface area contributed by atoms with Crippen LogP contribution in [0.2, 0.25) is 0 Å². The number of aromatic nitrogens is 2. The Morgan fingerprint density at radius 2 is 1.81 bits per heavy atom. The fraction of sp³-hybridized carbons (Fsp3) is 0.391. The molecule has 0 bridgehead atoms. The molecule has 0 aliphatic carbocycles. The molecule has 1 amide bonds. The van der Waals surface area contributed by atoms with Crippen LogP contribution in [0.15, 0.2) is 42.5 Å². The SMILES string of the molecule is CC(C)(C)OC(=O)N1CCC(Oc2ccc(-n3c(=S)[nH]c4cc(F)ccc43)cc2)CC1. The molecule has 1 fully saturated rings. The van der Waals surface area contributed by atoms with E-state index in [-0.39, 0.29) is 18.0 Å². The Morgan fingerprint density at radius 1 is 1.13 bits per heavy atom. The summed E-state index contributed by atoms with van der Waals surface area (Å²) in [5, 5.41) is 0. The number of aromatic amines is 1. The van der Waals surface area contributed by atoms with E-state index in [0.29, 0.717) is 23.4 Å². The number of halogens is 1. The number of fused-ring (bicyclic) bond motifs is 1. The van der Waals surface area contributed by atoms with Crippen molar-refractivity contribution in [2.45, 2.75) is 45.3 Å². The van der Waals surface area contributed by atoms with Crippen LogP contribution in [-0.4, -0.2) is 45.3 Å². The van der Waals surface area contributed by atoms with Gasteiger partial charge in [-0.2, -0.15) is 0 Å². The molecule has 1 aliphatic rings. The number of amides is 1. The van der Waals surface area contributed by atoms with Crippen molar-refractivity contribution in [3.05, 3.63) is 53.1 Å². The van der Waals surface area contributed by atoms with Gasteiger partial charge in [0.15, 0.2) is 4.77 Å². The first-order valence-corrected chi connectivity index (χ1v) is 10.8. The summed E-state index contributed by atoms with van der Waals surface area (Å²) in [6.07, 6.45) is 1.27. The van der Waals surface area contributed by atoms with Gasteiger partial charge in [0.2, 0.25) is 0 Å². The van der Waals surface area contributed by atoms with E-state index in [1.165, 1.54) is 12.1 Å². The molecule has 4 rings (SSSR count). The number of nitrogens with zero attached hydrogens (tertiary/aromatic N) is 2. The maximum atomic E-state index is 13.5. The number of carbonyl (C=O) groups excluding carboxylic acids is 1. The van der Waals surface area contributed by atoms with Crippen molar-refractivity contribution < 1.29 is 18.7 Å². The maximum absolute atomic E-state index is 13.5. The van der Waals surface area contributed by atoms with Gasteiger partial charge >= 0.3 is 6.09 Å². The number of benzene rings is 2. The lowest BCUT2D eigenvalue weighted by Crippen LogP contribution is -2.44. The van der Waals surface area contributed by atoms with Crippen LogP contribution in [-0.2, 0) is 4.74 Å². The topological polar surface area (TPSA) is 59.5 Å². The summed E-state index contributed by atoms with van der Waals surface area (Å²) in [6.45, 7) is 6.82. The van der Waals surface area contributed by atoms with Gasteiger partial charge in [-0.25, -0.2) is 9.18 Å². The number of ether oxygens (including phenoxy) is 2. The molecule has 0 radical (unpaired) electrons. The van der Waals surface area contributed by atoms with Gasteiger partial charge in [0.25, 0.3) is 0 Å². The van der Waals surface area contributed by atoms with E-state index < -0.39 is 5.60 Å². The van der Waals surface area contributed by atoms with Crippen molar-refractivity contribution in [1.82, 2.24) is 14.5 Å². The second-order valence-corrected chi connectivity index (χ2v) is 9.09. The average Bonchev–Trinajstić information content (AvgIpc) is 3.02. The van der Waals surface area contributed by atoms with Crippen LogP contribution < -0.4 is 4.74 Å². The van der Waals surface area contributed by atoms with Gasteiger partial charge in [0.1, 0.15) is 23.3 Å². The maximum Gasteiger partial charge on any atom is 0.410 e. The molecule has 0 atom stereocenters. The molecule has 3 aromatic rings. The van der Waals surface area contributed by atoms with E-state index in [4.69, 9.17) is 21.7 Å². The Bertz CT molecular complexity index is 1140. The van der Waals surface area contributed by atoms with Crippen molar-refractivity contribution in [2.24, 2.45) is 0 Å². The molecule has 1 N–H and O–H groups in total. The van der Waals surface area contributed by atoms with Gasteiger partial charge < -0.3 is 19.4 Å². The third kappa shape index (κ3) is 4.90. The van der Waals surface area contributed by atoms with Crippen molar-refractivity contribution in [3.63, 3.8) is 0 Å². The number of rotatable bonds is 3. The minimum absolute atomic E-state index is 0.0442. The molecule has 0 spiro atoms. The number of nitrogens with one attached hydrogen (secondary N) is 1. The number of hydrogen-bond acceptors (Lipinski definition) is 4. The summed E-state index contributed by atoms with van der Waals surface area (Å²) < 4.78 is 27.4. The molecule has 0 saturated carbocycles. The van der Waals surface area contributed by atoms with E-state index in [9.17, 15) is 9.18 Å². The molecular formula is C23H26FN3O3S. The van der Waals surface area contributed by atoms with Gasteiger partial charge in [0, 0.05) is 31.6 Å². The van der Waals surface area contributed by atoms with Crippen molar-refractivity contribution in [1.29, 1.82) is 0 Å². The number of likely N-dealkylation sites (tertiary alicyclic amines) is 1. The lowest BCUT2D eigenvalue weighted by Gasteiger charge is -2.33. The quantitative estimate of drug-likeness (QED) is 0.535. The van der Waals surface area contributed by atoms with E-state index >= 15 is 0 Å². The molecule has 8 heteroatoms. The van der Waals surface area contributed by atoms with Crippen LogP contribution in [0.5, 0.6) is 5.75 Å². The summed E-state index contributed by atoms with van der Waals surface area (Å²) in [7, 11) is 0. The van der Waals surface area contributed by atoms with Crippen LogP contribution in [0.3, 0.4) is 0 Å². The van der Waals surface area contributed by atoms with Crippen LogP contribution in [0, 0.1) is 10.6 Å². The Labute approximate surface area is 185 Å². The molecular weight excluding hydrogens is 417 g/mol. The number of carbonyl (C=O) groups is 1. The predicted molar refractivity (Wildman–Crippen MR) is 120 cm³/mol. The van der Waals surface area contributed by atoms with E-state index in [0.717, 1.165) is 29.8 Å². The highest BCUT2D eigenvalue weighted by molar-refractivity contribution is 7.71. The summed E-state index contributed by atoms with van der Waals surface area (Å²) in [4.78, 5) is 17.0. The first-order valence-electron chi connectivity index (χ1n) is 10.3. The number of H-pyrrole nitrogens is 1. The fourth-order valence-corrected chi connectivity index (χ4v) is 4.00. The molecule has 2 heterocycles. The Hall–Kier alpha value is -2.87. The number of hydrogen-bond donors (Lipinski definition) is 1. The molecule has 31 heavy (non-hydrogen) atoms. The summed E-state index contributed by atoms with van der Waals surface area (Å²) >= 11 is 5.42. The monoisotopic (exact) mass is 443 g/mol. The largest absolute Gasteiger partial charge is 0.490 e. The third-order valence-corrected chi connectivity index (χ3v) is 5.42. The van der Waals surface area contributed by atoms with E-state index in [1.54, 1.807) is 11.0 Å². The molecule has 164 valence electrons. The smallest absolute Gasteiger partial charge is 0.410 e. The normalized spacial score (nSPS) is 15.3. The van der Waals surface area contributed by atoms with E-state index in [1.807, 2.05) is 49.6 Å². The molecule has 2 aromatic carbocycles. The van der Waals surface area contributed by atoms with Crippen LogP contribution in [0.1, 0.15) is 33.6 Å². The predicted octanol–water partition coefficient (Wildman–Crippen LogP) is 5.61. The third-order valence-electron chi connectivity index (χ3n) is 5.14. The van der Waals surface area contributed by atoms with Crippen molar-refractivity contribution >= 4 is 29.3 Å². The Morgan fingerprint density at radius 3 is 2.45 bits per heavy atom. The van der Waals surface area contributed by atoms with Crippen molar-refractivity contribution in [3.8, 4) is 11.4 Å². The molecule has 1 aromatic heterocycles. The summed E-state index contributed by atoms with van der Waals surface area (Å²) in [5.41, 5.74) is 1.85. The van der Waals surface area contributed by atoms with Gasteiger partial charge in [0.05, 0.1) is 11.0 Å². The van der Waals surface area contributed by atoms with Crippen LogP contribution in [0.25, 0.3) is 16.7 Å². The van der Waals surface area contributed by atoms with Gasteiger partial charge in [-0.3, -0.25) is 4.57 Å². The number of imidazole rings is 1. The standard InChI is InChI=1S/C23H26FN3O3S/c1-23(2,3)30-22(28)26-12-10-18(11-13-26)29-17-7-5-16(6-8-17)27-20-9-4-15(24)14-19(20)25-21(27)31/h4-9,14,18H,10-13H2,1-3H3,(H,25,31).